The third kappa shape index (κ3) is 2.86. The number of urea groups is 1. The molecule has 7 heteroatoms. The van der Waals surface area contributed by atoms with Crippen molar-refractivity contribution in [3.63, 3.8) is 0 Å². The van der Waals surface area contributed by atoms with Gasteiger partial charge >= 0.3 is 6.03 Å². The first-order chi connectivity index (χ1) is 12.6. The summed E-state index contributed by atoms with van der Waals surface area (Å²) in [4.78, 5) is 18.7. The van der Waals surface area contributed by atoms with Crippen molar-refractivity contribution < 1.29 is 9.18 Å². The highest BCUT2D eigenvalue weighted by molar-refractivity contribution is 5.74. The van der Waals surface area contributed by atoms with Crippen molar-refractivity contribution >= 4 is 6.03 Å². The van der Waals surface area contributed by atoms with Gasteiger partial charge in [0, 0.05) is 32.7 Å². The van der Waals surface area contributed by atoms with Crippen LogP contribution in [0.5, 0.6) is 0 Å². The number of fused-ring (bicyclic) bond motifs is 2. The highest BCUT2D eigenvalue weighted by Gasteiger charge is 2.42. The maximum absolute atomic E-state index is 13.2. The Hall–Kier alpha value is -2.41. The Bertz CT molecular complexity index is 793. The molecule has 6 nitrogen and oxygen atoms in total. The molecular weight excluding hydrogens is 333 g/mol. The average Bonchev–Trinajstić information content (AvgIpc) is 3.09. The first-order valence-electron chi connectivity index (χ1n) is 9.23. The van der Waals surface area contributed by atoms with Gasteiger partial charge < -0.3 is 20.1 Å². The van der Waals surface area contributed by atoms with Crippen LogP contribution in [0.4, 0.5) is 9.18 Å². The molecule has 2 aliphatic rings. The van der Waals surface area contributed by atoms with E-state index < -0.39 is 0 Å². The Kier molecular flexibility index (Phi) is 4.40. The lowest BCUT2D eigenvalue weighted by Crippen LogP contribution is -2.57. The minimum atomic E-state index is -0.233. The molecule has 1 fully saturated rings. The summed E-state index contributed by atoms with van der Waals surface area (Å²) in [5.41, 5.74) is 1.80. The molecule has 1 aromatic heterocycles. The fourth-order valence-corrected chi connectivity index (χ4v) is 4.08. The van der Waals surface area contributed by atoms with Gasteiger partial charge in [0.05, 0.1) is 17.4 Å². The summed E-state index contributed by atoms with van der Waals surface area (Å²) in [5, 5.41) is 6.53. The number of amides is 2. The minimum absolute atomic E-state index is 0.00787. The summed E-state index contributed by atoms with van der Waals surface area (Å²) in [6.07, 6.45) is 3.56. The molecule has 2 aromatic rings. The third-order valence-corrected chi connectivity index (χ3v) is 5.45. The van der Waals surface area contributed by atoms with Gasteiger partial charge in [0.25, 0.3) is 0 Å². The van der Waals surface area contributed by atoms with Crippen LogP contribution in [0.3, 0.4) is 0 Å². The van der Waals surface area contributed by atoms with E-state index >= 15 is 0 Å². The molecule has 1 spiro atoms. The predicted octanol–water partition coefficient (Wildman–Crippen LogP) is 2.31. The second kappa shape index (κ2) is 6.72. The summed E-state index contributed by atoms with van der Waals surface area (Å²) < 4.78 is 15.5. The number of hydrogen-bond donors (Lipinski definition) is 2. The SMILES string of the molecule is CCNC(=O)N1CCC2(CC1)NCCn1c(-c3ccc(F)cc3)cnc12. The normalized spacial score (nSPS) is 18.6. The van der Waals surface area contributed by atoms with Crippen LogP contribution in [0.25, 0.3) is 11.3 Å². The molecule has 138 valence electrons. The molecule has 0 aliphatic carbocycles. The number of rotatable bonds is 2. The molecule has 0 unspecified atom stereocenters. The fraction of sp³-hybridized carbons (Fsp3) is 0.474. The van der Waals surface area contributed by atoms with Crippen LogP contribution in [-0.2, 0) is 12.1 Å². The molecule has 1 aromatic carbocycles. The van der Waals surface area contributed by atoms with Crippen molar-refractivity contribution in [2.75, 3.05) is 26.2 Å². The Labute approximate surface area is 152 Å². The molecule has 3 heterocycles. The van der Waals surface area contributed by atoms with Gasteiger partial charge in [-0.05, 0) is 49.6 Å². The number of nitrogens with zero attached hydrogens (tertiary/aromatic N) is 3. The fourth-order valence-electron chi connectivity index (χ4n) is 4.08. The Morgan fingerprint density at radius 2 is 2.00 bits per heavy atom. The molecule has 0 radical (unpaired) electrons. The first-order valence-corrected chi connectivity index (χ1v) is 9.23. The lowest BCUT2D eigenvalue weighted by molar-refractivity contribution is 0.124. The standard InChI is InChI=1S/C19H24FN5O/c1-2-21-18(26)24-10-7-19(8-11-24)17-22-13-16(25(17)12-9-23-19)14-3-5-15(20)6-4-14/h3-6,13,23H,2,7-12H2,1H3,(H,21,26). The summed E-state index contributed by atoms with van der Waals surface area (Å²) >= 11 is 0. The average molecular weight is 357 g/mol. The number of halogens is 1. The smallest absolute Gasteiger partial charge is 0.317 e. The van der Waals surface area contributed by atoms with E-state index in [-0.39, 0.29) is 17.4 Å². The molecule has 0 atom stereocenters. The molecule has 2 amide bonds. The number of nitrogens with one attached hydrogen (secondary N) is 2. The summed E-state index contributed by atoms with van der Waals surface area (Å²) in [5.74, 6) is 0.793. The first kappa shape index (κ1) is 17.0. The van der Waals surface area contributed by atoms with Crippen molar-refractivity contribution in [3.8, 4) is 11.3 Å². The van der Waals surface area contributed by atoms with Gasteiger partial charge in [-0.3, -0.25) is 0 Å². The van der Waals surface area contributed by atoms with E-state index in [0.717, 1.165) is 43.0 Å². The molecule has 1 saturated heterocycles. The zero-order valence-corrected chi connectivity index (χ0v) is 15.0. The van der Waals surface area contributed by atoms with E-state index in [1.54, 1.807) is 12.1 Å². The monoisotopic (exact) mass is 357 g/mol. The molecule has 2 aliphatic heterocycles. The van der Waals surface area contributed by atoms with E-state index in [1.165, 1.54) is 12.1 Å². The van der Waals surface area contributed by atoms with Gasteiger partial charge in [0.2, 0.25) is 0 Å². The number of likely N-dealkylation sites (tertiary alicyclic amines) is 1. The molecular formula is C19H24FN5O. The maximum Gasteiger partial charge on any atom is 0.317 e. The van der Waals surface area contributed by atoms with E-state index in [4.69, 9.17) is 4.98 Å². The van der Waals surface area contributed by atoms with Crippen molar-refractivity contribution in [3.05, 3.63) is 42.1 Å². The number of imidazole rings is 1. The third-order valence-electron chi connectivity index (χ3n) is 5.45. The number of aromatic nitrogens is 2. The minimum Gasteiger partial charge on any atom is -0.338 e. The van der Waals surface area contributed by atoms with Gasteiger partial charge in [-0.15, -0.1) is 0 Å². The van der Waals surface area contributed by atoms with Crippen LogP contribution >= 0.6 is 0 Å². The number of benzene rings is 1. The van der Waals surface area contributed by atoms with Crippen LogP contribution < -0.4 is 10.6 Å². The summed E-state index contributed by atoms with van der Waals surface area (Å²) in [6.45, 7) is 5.68. The van der Waals surface area contributed by atoms with Crippen LogP contribution in [0.2, 0.25) is 0 Å². The van der Waals surface area contributed by atoms with Crippen LogP contribution in [0, 0.1) is 5.82 Å². The van der Waals surface area contributed by atoms with E-state index in [9.17, 15) is 9.18 Å². The largest absolute Gasteiger partial charge is 0.338 e. The quantitative estimate of drug-likeness (QED) is 0.867. The Morgan fingerprint density at radius 1 is 1.27 bits per heavy atom. The van der Waals surface area contributed by atoms with Crippen molar-refractivity contribution in [2.45, 2.75) is 31.8 Å². The lowest BCUT2D eigenvalue weighted by Gasteiger charge is -2.44. The second-order valence-electron chi connectivity index (χ2n) is 6.96. The molecule has 0 bridgehead atoms. The number of carbonyl (C=O) groups is 1. The molecule has 2 N–H and O–H groups in total. The van der Waals surface area contributed by atoms with Crippen molar-refractivity contribution in [1.29, 1.82) is 0 Å². The molecule has 26 heavy (non-hydrogen) atoms. The van der Waals surface area contributed by atoms with Gasteiger partial charge in [0.1, 0.15) is 11.6 Å². The van der Waals surface area contributed by atoms with Gasteiger partial charge in [-0.2, -0.15) is 0 Å². The van der Waals surface area contributed by atoms with Crippen LogP contribution in [0.15, 0.2) is 30.5 Å². The zero-order chi connectivity index (χ0) is 18.1. The Morgan fingerprint density at radius 3 is 2.69 bits per heavy atom. The van der Waals surface area contributed by atoms with E-state index in [1.807, 2.05) is 18.0 Å². The Balaban J connectivity index is 1.59. The van der Waals surface area contributed by atoms with Crippen molar-refractivity contribution in [1.82, 2.24) is 25.1 Å². The van der Waals surface area contributed by atoms with E-state index in [2.05, 4.69) is 15.2 Å². The topological polar surface area (TPSA) is 62.2 Å². The predicted molar refractivity (Wildman–Crippen MR) is 97.2 cm³/mol. The van der Waals surface area contributed by atoms with Gasteiger partial charge in [-0.25, -0.2) is 14.2 Å². The maximum atomic E-state index is 13.2. The van der Waals surface area contributed by atoms with Crippen molar-refractivity contribution in [2.24, 2.45) is 0 Å². The zero-order valence-electron chi connectivity index (χ0n) is 15.0. The highest BCUT2D eigenvalue weighted by atomic mass is 19.1. The number of carbonyl (C=O) groups excluding carboxylic acids is 1. The van der Waals surface area contributed by atoms with E-state index in [0.29, 0.717) is 19.6 Å². The highest BCUT2D eigenvalue weighted by Crippen LogP contribution is 2.36. The second-order valence-corrected chi connectivity index (χ2v) is 6.96. The molecule has 0 saturated carbocycles. The summed E-state index contributed by atoms with van der Waals surface area (Å²) in [6, 6.07) is 6.57. The van der Waals surface area contributed by atoms with Crippen LogP contribution in [-0.4, -0.2) is 46.7 Å². The van der Waals surface area contributed by atoms with Gasteiger partial charge in [-0.1, -0.05) is 0 Å². The lowest BCUT2D eigenvalue weighted by atomic mass is 9.85. The summed E-state index contributed by atoms with van der Waals surface area (Å²) in [7, 11) is 0. The van der Waals surface area contributed by atoms with Gasteiger partial charge in [0.15, 0.2) is 0 Å². The molecule has 4 rings (SSSR count). The number of piperidine rings is 1. The number of hydrogen-bond acceptors (Lipinski definition) is 3. The van der Waals surface area contributed by atoms with Crippen LogP contribution in [0.1, 0.15) is 25.6 Å².